The number of hydrogen-bond donors (Lipinski definition) is 3. The van der Waals surface area contributed by atoms with Gasteiger partial charge in [0, 0.05) is 18.1 Å². The van der Waals surface area contributed by atoms with E-state index in [1.165, 1.54) is 0 Å². The maximum absolute atomic E-state index is 12.8. The Kier molecular flexibility index (Phi) is 5.49. The van der Waals surface area contributed by atoms with Crippen molar-refractivity contribution in [2.24, 2.45) is 0 Å². The zero-order chi connectivity index (χ0) is 21.3. The van der Waals surface area contributed by atoms with E-state index in [1.54, 1.807) is 53.4 Å². The first kappa shape index (κ1) is 20.4. The van der Waals surface area contributed by atoms with Crippen LogP contribution in [0.15, 0.2) is 48.5 Å². The van der Waals surface area contributed by atoms with Crippen LogP contribution in [0.25, 0.3) is 0 Å². The average molecular weight is 428 g/mol. The number of nitrogens with one attached hydrogen (secondary N) is 2. The number of anilines is 1. The third-order valence-corrected chi connectivity index (χ3v) is 6.01. The molecule has 0 saturated carbocycles. The summed E-state index contributed by atoms with van der Waals surface area (Å²) in [6.45, 7) is 0.723. The van der Waals surface area contributed by atoms with Crippen molar-refractivity contribution in [3.63, 3.8) is 0 Å². The van der Waals surface area contributed by atoms with Crippen LogP contribution < -0.4 is 10.6 Å². The predicted octanol–water partition coefficient (Wildman–Crippen LogP) is 2.29. The minimum Gasteiger partial charge on any atom is -0.385 e. The van der Waals surface area contributed by atoms with Crippen LogP contribution in [0.5, 0.6) is 0 Å². The maximum Gasteiger partial charge on any atom is 0.254 e. The molecule has 2 aromatic carbocycles. The zero-order valence-corrected chi connectivity index (χ0v) is 17.0. The number of carbonyl (C=O) groups excluding carboxylic acids is 3. The molecule has 3 amide bonds. The highest BCUT2D eigenvalue weighted by Gasteiger charge is 2.37. The minimum atomic E-state index is -1.02. The van der Waals surface area contributed by atoms with Crippen LogP contribution in [0.3, 0.4) is 0 Å². The van der Waals surface area contributed by atoms with Crippen molar-refractivity contribution in [1.82, 2.24) is 10.2 Å². The van der Waals surface area contributed by atoms with Crippen LogP contribution in [0, 0.1) is 0 Å². The van der Waals surface area contributed by atoms with Gasteiger partial charge in [-0.2, -0.15) is 0 Å². The smallest absolute Gasteiger partial charge is 0.254 e. The molecule has 0 aromatic heterocycles. The summed E-state index contributed by atoms with van der Waals surface area (Å²) < 4.78 is 0. The Morgan fingerprint density at radius 2 is 1.77 bits per heavy atom. The molecule has 3 N–H and O–H groups in total. The first-order valence-corrected chi connectivity index (χ1v) is 10.2. The van der Waals surface area contributed by atoms with E-state index in [0.717, 1.165) is 5.56 Å². The SMILES string of the molecule is O=C1N[C@@H](CC(=O)N2CCC(O)(c3ccc(Cl)cc3)CC2)C(=O)Nc2ccccc21. The molecule has 2 aliphatic heterocycles. The third-order valence-electron chi connectivity index (χ3n) is 5.75. The van der Waals surface area contributed by atoms with Crippen LogP contribution in [-0.2, 0) is 15.2 Å². The molecule has 2 aliphatic rings. The van der Waals surface area contributed by atoms with Gasteiger partial charge in [-0.1, -0.05) is 35.9 Å². The summed E-state index contributed by atoms with van der Waals surface area (Å²) in [6, 6.07) is 12.8. The molecule has 2 aromatic rings. The van der Waals surface area contributed by atoms with Gasteiger partial charge in [0.2, 0.25) is 11.8 Å². The number of para-hydroxylation sites is 1. The second kappa shape index (κ2) is 8.08. The van der Waals surface area contributed by atoms with Gasteiger partial charge in [0.1, 0.15) is 6.04 Å². The van der Waals surface area contributed by atoms with Gasteiger partial charge < -0.3 is 20.6 Å². The quantitative estimate of drug-likeness (QED) is 0.699. The second-order valence-corrected chi connectivity index (χ2v) is 8.12. The van der Waals surface area contributed by atoms with Gasteiger partial charge in [-0.05, 0) is 42.7 Å². The number of halogens is 1. The van der Waals surface area contributed by atoms with Gasteiger partial charge in [-0.15, -0.1) is 0 Å². The monoisotopic (exact) mass is 427 g/mol. The van der Waals surface area contributed by atoms with Crippen LogP contribution in [0.2, 0.25) is 5.02 Å². The van der Waals surface area contributed by atoms with Gasteiger partial charge in [-0.25, -0.2) is 0 Å². The number of carbonyl (C=O) groups is 3. The largest absolute Gasteiger partial charge is 0.385 e. The van der Waals surface area contributed by atoms with Gasteiger partial charge in [0.25, 0.3) is 5.91 Å². The molecule has 8 heteroatoms. The minimum absolute atomic E-state index is 0.134. The van der Waals surface area contributed by atoms with E-state index in [0.29, 0.717) is 42.2 Å². The van der Waals surface area contributed by atoms with Crippen LogP contribution in [0.4, 0.5) is 5.69 Å². The number of piperidine rings is 1. The standard InChI is InChI=1S/C22H22ClN3O4/c23-15-7-5-14(6-8-15)22(30)9-11-26(12-10-22)19(27)13-18-21(29)24-17-4-2-1-3-16(17)20(28)25-18/h1-8,18,30H,9-13H2,(H,24,29)(H,25,28)/t18-/m0/s1. The molecule has 30 heavy (non-hydrogen) atoms. The number of likely N-dealkylation sites (tertiary alicyclic amines) is 1. The lowest BCUT2D eigenvalue weighted by atomic mass is 9.84. The molecule has 0 radical (unpaired) electrons. The van der Waals surface area contributed by atoms with Gasteiger partial charge in [0.15, 0.2) is 0 Å². The Morgan fingerprint density at radius 3 is 2.47 bits per heavy atom. The fourth-order valence-electron chi connectivity index (χ4n) is 3.93. The lowest BCUT2D eigenvalue weighted by Gasteiger charge is -2.39. The molecule has 7 nitrogen and oxygen atoms in total. The Morgan fingerprint density at radius 1 is 1.10 bits per heavy atom. The summed E-state index contributed by atoms with van der Waals surface area (Å²) in [7, 11) is 0. The van der Waals surface area contributed by atoms with E-state index < -0.39 is 23.5 Å². The van der Waals surface area contributed by atoms with E-state index in [9.17, 15) is 19.5 Å². The summed E-state index contributed by atoms with van der Waals surface area (Å²) in [5.74, 6) is -1.05. The van der Waals surface area contributed by atoms with Crippen LogP contribution in [-0.4, -0.2) is 46.9 Å². The molecule has 4 rings (SSSR count). The van der Waals surface area contributed by atoms with Crippen molar-refractivity contribution in [3.8, 4) is 0 Å². The lowest BCUT2D eigenvalue weighted by Crippen LogP contribution is -2.49. The van der Waals surface area contributed by atoms with Gasteiger partial charge >= 0.3 is 0 Å². The highest BCUT2D eigenvalue weighted by Crippen LogP contribution is 2.33. The molecule has 1 atom stereocenters. The summed E-state index contributed by atoms with van der Waals surface area (Å²) in [5, 5.41) is 16.9. The topological polar surface area (TPSA) is 98.7 Å². The molecular formula is C22H22ClN3O4. The Hall–Kier alpha value is -2.90. The molecule has 0 aliphatic carbocycles. The number of aliphatic hydroxyl groups is 1. The first-order valence-electron chi connectivity index (χ1n) is 9.83. The van der Waals surface area contributed by atoms with E-state index in [1.807, 2.05) is 0 Å². The molecular weight excluding hydrogens is 406 g/mol. The number of benzene rings is 2. The van der Waals surface area contributed by atoms with Crippen molar-refractivity contribution < 1.29 is 19.5 Å². The van der Waals surface area contributed by atoms with E-state index >= 15 is 0 Å². The number of hydrogen-bond acceptors (Lipinski definition) is 4. The third kappa shape index (κ3) is 4.04. The first-order chi connectivity index (χ1) is 14.4. The second-order valence-electron chi connectivity index (χ2n) is 7.68. The van der Waals surface area contributed by atoms with Crippen molar-refractivity contribution in [3.05, 3.63) is 64.7 Å². The molecule has 0 unspecified atom stereocenters. The van der Waals surface area contributed by atoms with Crippen LogP contribution in [0.1, 0.15) is 35.2 Å². The fraction of sp³-hybridized carbons (Fsp3) is 0.318. The average Bonchev–Trinajstić information content (AvgIpc) is 2.85. The summed E-state index contributed by atoms with van der Waals surface area (Å²) >= 11 is 5.92. The highest BCUT2D eigenvalue weighted by molar-refractivity contribution is 6.30. The van der Waals surface area contributed by atoms with Gasteiger partial charge in [0.05, 0.1) is 23.3 Å². The Labute approximate surface area is 179 Å². The highest BCUT2D eigenvalue weighted by atomic mass is 35.5. The zero-order valence-electron chi connectivity index (χ0n) is 16.2. The Balaban J connectivity index is 1.39. The molecule has 0 bridgehead atoms. The number of nitrogens with zero attached hydrogens (tertiary/aromatic N) is 1. The molecule has 156 valence electrons. The molecule has 0 spiro atoms. The van der Waals surface area contributed by atoms with E-state index in [-0.39, 0.29) is 12.3 Å². The van der Waals surface area contributed by atoms with E-state index in [4.69, 9.17) is 11.6 Å². The lowest BCUT2D eigenvalue weighted by molar-refractivity contribution is -0.137. The van der Waals surface area contributed by atoms with Crippen LogP contribution >= 0.6 is 11.6 Å². The van der Waals surface area contributed by atoms with Crippen molar-refractivity contribution in [2.75, 3.05) is 18.4 Å². The molecule has 1 saturated heterocycles. The molecule has 2 heterocycles. The molecule has 1 fully saturated rings. The van der Waals surface area contributed by atoms with Crippen molar-refractivity contribution in [2.45, 2.75) is 30.9 Å². The fourth-order valence-corrected chi connectivity index (χ4v) is 4.06. The number of amides is 3. The maximum atomic E-state index is 12.8. The normalized spacial score (nSPS) is 20.6. The van der Waals surface area contributed by atoms with Crippen molar-refractivity contribution in [1.29, 1.82) is 0 Å². The van der Waals surface area contributed by atoms with E-state index in [2.05, 4.69) is 10.6 Å². The Bertz CT molecular complexity index is 984. The van der Waals surface area contributed by atoms with Gasteiger partial charge in [-0.3, -0.25) is 14.4 Å². The number of rotatable bonds is 3. The van der Waals surface area contributed by atoms with Crippen molar-refractivity contribution >= 4 is 35.0 Å². The number of fused-ring (bicyclic) bond motifs is 1. The summed E-state index contributed by atoms with van der Waals surface area (Å²) in [4.78, 5) is 39.3. The summed E-state index contributed by atoms with van der Waals surface area (Å²) in [6.07, 6.45) is 0.634. The summed E-state index contributed by atoms with van der Waals surface area (Å²) in [5.41, 5.74) is 0.552. The predicted molar refractivity (Wildman–Crippen MR) is 112 cm³/mol.